The number of nitrogens with two attached hydrogens (primary N) is 1. The maximum Gasteiger partial charge on any atom is 0.316 e. The fourth-order valence-electron chi connectivity index (χ4n) is 2.31. The van der Waals surface area contributed by atoms with Crippen LogP contribution in [-0.2, 0) is 9.53 Å². The number of primary amides is 1. The highest BCUT2D eigenvalue weighted by Crippen LogP contribution is 2.30. The van der Waals surface area contributed by atoms with Crippen molar-refractivity contribution in [1.29, 1.82) is 0 Å². The number of hydrogen-bond acceptors (Lipinski definition) is 7. The van der Waals surface area contributed by atoms with Crippen molar-refractivity contribution in [2.24, 2.45) is 5.73 Å². The summed E-state index contributed by atoms with van der Waals surface area (Å²) in [4.78, 5) is 46.2. The van der Waals surface area contributed by atoms with Gasteiger partial charge in [-0.1, -0.05) is 29.8 Å². The largest absolute Gasteiger partial charge is 0.454 e. The number of rotatable bonds is 8. The molecule has 0 aliphatic rings. The van der Waals surface area contributed by atoms with Crippen molar-refractivity contribution in [2.75, 3.05) is 5.75 Å². The van der Waals surface area contributed by atoms with E-state index in [1.165, 1.54) is 19.1 Å². The number of ketones is 1. The molecule has 8 nitrogen and oxygen atoms in total. The summed E-state index contributed by atoms with van der Waals surface area (Å²) < 4.78 is 5.13. The summed E-state index contributed by atoms with van der Waals surface area (Å²) in [6, 6.07) is 10.6. The summed E-state index contributed by atoms with van der Waals surface area (Å²) in [6.45, 7) is 3.36. The summed E-state index contributed by atoms with van der Waals surface area (Å²) in [7, 11) is 0. The van der Waals surface area contributed by atoms with Crippen molar-refractivity contribution in [2.45, 2.75) is 24.8 Å². The zero-order chi connectivity index (χ0) is 20.8. The van der Waals surface area contributed by atoms with Gasteiger partial charge in [-0.25, -0.2) is 0 Å². The number of aryl methyl sites for hydroxylation is 1. The third kappa shape index (κ3) is 5.40. The van der Waals surface area contributed by atoms with Gasteiger partial charge < -0.3 is 10.5 Å². The Labute approximate surface area is 165 Å². The molecule has 0 saturated heterocycles. The highest BCUT2D eigenvalue weighted by Gasteiger charge is 2.22. The van der Waals surface area contributed by atoms with Crippen molar-refractivity contribution in [1.82, 2.24) is 0 Å². The first-order chi connectivity index (χ1) is 13.2. The number of esters is 1. The summed E-state index contributed by atoms with van der Waals surface area (Å²) in [5.41, 5.74) is 6.21. The lowest BCUT2D eigenvalue weighted by atomic mass is 10.1. The third-order valence-corrected chi connectivity index (χ3v) is 4.84. The lowest BCUT2D eigenvalue weighted by molar-refractivity contribution is -0.387. The molecule has 0 unspecified atom stereocenters. The molecule has 28 heavy (non-hydrogen) atoms. The SMILES string of the molecule is Cc1ccc(C(=O)[C@@H](C)OC(=O)CSc2ccc(C(N)=O)cc2[N+](=O)[O-])cc1. The fraction of sp³-hybridized carbons (Fsp3) is 0.211. The molecule has 1 amide bonds. The molecule has 0 spiro atoms. The fourth-order valence-corrected chi connectivity index (χ4v) is 3.10. The van der Waals surface area contributed by atoms with Crippen LogP contribution in [0.15, 0.2) is 47.4 Å². The number of benzene rings is 2. The van der Waals surface area contributed by atoms with Crippen molar-refractivity contribution in [3.8, 4) is 0 Å². The first-order valence-electron chi connectivity index (χ1n) is 8.20. The molecule has 9 heteroatoms. The number of nitro groups is 1. The van der Waals surface area contributed by atoms with Crippen LogP contribution in [0.3, 0.4) is 0 Å². The smallest absolute Gasteiger partial charge is 0.316 e. The highest BCUT2D eigenvalue weighted by molar-refractivity contribution is 8.00. The molecule has 0 aliphatic carbocycles. The minimum absolute atomic E-state index is 0.00376. The quantitative estimate of drug-likeness (QED) is 0.236. The summed E-state index contributed by atoms with van der Waals surface area (Å²) in [5, 5.41) is 11.2. The molecule has 2 aromatic carbocycles. The van der Waals surface area contributed by atoms with Crippen LogP contribution in [0.1, 0.15) is 33.2 Å². The van der Waals surface area contributed by atoms with E-state index in [-0.39, 0.29) is 27.7 Å². The number of nitrogens with zero attached hydrogens (tertiary/aromatic N) is 1. The van der Waals surface area contributed by atoms with Gasteiger partial charge in [-0.3, -0.25) is 24.5 Å². The van der Waals surface area contributed by atoms with E-state index in [1.54, 1.807) is 24.3 Å². The molecular formula is C19H18N2O6S. The maximum absolute atomic E-state index is 12.3. The minimum Gasteiger partial charge on any atom is -0.454 e. The molecular weight excluding hydrogens is 384 g/mol. The number of nitro benzene ring substituents is 1. The van der Waals surface area contributed by atoms with Gasteiger partial charge in [-0.2, -0.15) is 0 Å². The van der Waals surface area contributed by atoms with E-state index < -0.39 is 22.9 Å². The van der Waals surface area contributed by atoms with E-state index >= 15 is 0 Å². The normalized spacial score (nSPS) is 11.5. The molecule has 0 aliphatic heterocycles. The van der Waals surface area contributed by atoms with Crippen LogP contribution in [0.5, 0.6) is 0 Å². The first-order valence-corrected chi connectivity index (χ1v) is 9.19. The van der Waals surface area contributed by atoms with Crippen molar-refractivity contribution in [3.63, 3.8) is 0 Å². The van der Waals surface area contributed by atoms with Gasteiger partial charge in [-0.15, -0.1) is 11.8 Å². The average Bonchev–Trinajstić information content (AvgIpc) is 2.66. The van der Waals surface area contributed by atoms with E-state index in [9.17, 15) is 24.5 Å². The van der Waals surface area contributed by atoms with Crippen molar-refractivity contribution in [3.05, 3.63) is 69.3 Å². The lowest BCUT2D eigenvalue weighted by Gasteiger charge is -2.12. The second kappa shape index (κ2) is 9.14. The topological polar surface area (TPSA) is 130 Å². The van der Waals surface area contributed by atoms with Crippen LogP contribution in [0, 0.1) is 17.0 Å². The molecule has 0 aromatic heterocycles. The van der Waals surface area contributed by atoms with Gasteiger partial charge in [0.2, 0.25) is 11.7 Å². The van der Waals surface area contributed by atoms with E-state index in [1.807, 2.05) is 6.92 Å². The molecule has 0 fully saturated rings. The molecule has 0 radical (unpaired) electrons. The number of thioether (sulfide) groups is 1. The summed E-state index contributed by atoms with van der Waals surface area (Å²) >= 11 is 0.876. The minimum atomic E-state index is -0.983. The molecule has 1 atom stereocenters. The van der Waals surface area contributed by atoms with Gasteiger partial charge in [-0.05, 0) is 26.0 Å². The Bertz CT molecular complexity index is 927. The second-order valence-corrected chi connectivity index (χ2v) is 6.97. The van der Waals surface area contributed by atoms with Crippen LogP contribution >= 0.6 is 11.8 Å². The third-order valence-electron chi connectivity index (χ3n) is 3.80. The van der Waals surface area contributed by atoms with Gasteiger partial charge in [0, 0.05) is 17.2 Å². The molecule has 2 N–H and O–H groups in total. The lowest BCUT2D eigenvalue weighted by Crippen LogP contribution is -2.25. The first kappa shape index (κ1) is 21.1. The molecule has 2 rings (SSSR count). The zero-order valence-corrected chi connectivity index (χ0v) is 16.0. The molecule has 0 heterocycles. The second-order valence-electron chi connectivity index (χ2n) is 5.95. The Kier molecular flexibility index (Phi) is 6.89. The molecule has 146 valence electrons. The van der Waals surface area contributed by atoms with E-state index in [4.69, 9.17) is 10.5 Å². The standard InChI is InChI=1S/C19H18N2O6S/c1-11-3-5-13(6-4-11)18(23)12(2)27-17(22)10-28-16-8-7-14(19(20)24)9-15(16)21(25)26/h3-9,12H,10H2,1-2H3,(H2,20,24)/t12-/m1/s1. The number of carbonyl (C=O) groups is 3. The number of amides is 1. The average molecular weight is 402 g/mol. The Morgan fingerprint density at radius 2 is 1.75 bits per heavy atom. The summed E-state index contributed by atoms with van der Waals surface area (Å²) in [6.07, 6.45) is -0.983. The Morgan fingerprint density at radius 3 is 2.32 bits per heavy atom. The van der Waals surface area contributed by atoms with Crippen LogP contribution < -0.4 is 5.73 Å². The predicted octanol–water partition coefficient (Wildman–Crippen LogP) is 2.91. The maximum atomic E-state index is 12.3. The Balaban J connectivity index is 2.00. The molecule has 0 bridgehead atoms. The number of carbonyl (C=O) groups excluding carboxylic acids is 3. The van der Waals surface area contributed by atoms with Crippen LogP contribution in [-0.4, -0.2) is 34.4 Å². The monoisotopic (exact) mass is 402 g/mol. The van der Waals surface area contributed by atoms with Crippen LogP contribution in [0.2, 0.25) is 0 Å². The predicted molar refractivity (Wildman–Crippen MR) is 103 cm³/mol. The number of ether oxygens (including phenoxy) is 1. The highest BCUT2D eigenvalue weighted by atomic mass is 32.2. The van der Waals surface area contributed by atoms with Crippen molar-refractivity contribution >= 4 is 35.1 Å². The van der Waals surface area contributed by atoms with Gasteiger partial charge in [0.15, 0.2) is 6.10 Å². The van der Waals surface area contributed by atoms with Crippen molar-refractivity contribution < 1.29 is 24.0 Å². The Morgan fingerprint density at radius 1 is 1.14 bits per heavy atom. The van der Waals surface area contributed by atoms with E-state index in [0.29, 0.717) is 5.56 Å². The van der Waals surface area contributed by atoms with Crippen LogP contribution in [0.25, 0.3) is 0 Å². The Hall–Kier alpha value is -3.20. The van der Waals surface area contributed by atoms with Gasteiger partial charge in [0.25, 0.3) is 5.69 Å². The number of Topliss-reactive ketones (excluding diaryl/α,β-unsaturated/α-hetero) is 1. The van der Waals surface area contributed by atoms with E-state index in [0.717, 1.165) is 23.4 Å². The summed E-state index contributed by atoms with van der Waals surface area (Å²) in [5.74, 6) is -2.05. The number of hydrogen-bond donors (Lipinski definition) is 1. The molecule has 2 aromatic rings. The van der Waals surface area contributed by atoms with Gasteiger partial charge in [0.05, 0.1) is 15.6 Å². The van der Waals surface area contributed by atoms with Crippen LogP contribution in [0.4, 0.5) is 5.69 Å². The van der Waals surface area contributed by atoms with E-state index in [2.05, 4.69) is 0 Å². The molecule has 0 saturated carbocycles. The van der Waals surface area contributed by atoms with Gasteiger partial charge in [0.1, 0.15) is 0 Å². The van der Waals surface area contributed by atoms with Gasteiger partial charge >= 0.3 is 5.97 Å². The zero-order valence-electron chi connectivity index (χ0n) is 15.2.